The van der Waals surface area contributed by atoms with Crippen LogP contribution in [0.1, 0.15) is 27.7 Å². The number of nitrogens with zero attached hydrogens (tertiary/aromatic N) is 2. The van der Waals surface area contributed by atoms with Gasteiger partial charge in [-0.25, -0.2) is 4.79 Å². The van der Waals surface area contributed by atoms with Gasteiger partial charge in [0.2, 0.25) is 0 Å². The number of nitrogens with one attached hydrogen (secondary N) is 1. The molecule has 2 amide bonds. The van der Waals surface area contributed by atoms with Gasteiger partial charge in [-0.1, -0.05) is 27.7 Å². The second-order valence-corrected chi connectivity index (χ2v) is 5.95. The summed E-state index contributed by atoms with van der Waals surface area (Å²) in [6.07, 6.45) is 0. The van der Waals surface area contributed by atoms with Crippen molar-refractivity contribution in [1.29, 1.82) is 0 Å². The fourth-order valence-electron chi connectivity index (χ4n) is 2.53. The number of rotatable bonds is 5. The van der Waals surface area contributed by atoms with Crippen LogP contribution in [0.3, 0.4) is 0 Å². The van der Waals surface area contributed by atoms with Crippen molar-refractivity contribution < 1.29 is 4.79 Å². The molecule has 0 saturated carbocycles. The first-order chi connectivity index (χ1) is 7.84. The van der Waals surface area contributed by atoms with Crippen LogP contribution in [-0.4, -0.2) is 55.1 Å². The average molecular weight is 241 g/mol. The van der Waals surface area contributed by atoms with E-state index in [0.29, 0.717) is 17.9 Å². The van der Waals surface area contributed by atoms with Crippen molar-refractivity contribution in [3.05, 3.63) is 0 Å². The quantitative estimate of drug-likeness (QED) is 0.794. The van der Waals surface area contributed by atoms with E-state index in [9.17, 15) is 4.79 Å². The first-order valence-electron chi connectivity index (χ1n) is 6.56. The van der Waals surface area contributed by atoms with E-state index in [0.717, 1.165) is 13.1 Å². The largest absolute Gasteiger partial charge is 0.333 e. The SMILES string of the molecule is CC(C)C1NC(=O)N(CCN(C)C)C1C(C)C. The first-order valence-corrected chi connectivity index (χ1v) is 6.56. The van der Waals surface area contributed by atoms with Crippen LogP contribution >= 0.6 is 0 Å². The second-order valence-electron chi connectivity index (χ2n) is 5.95. The lowest BCUT2D eigenvalue weighted by Gasteiger charge is -2.32. The summed E-state index contributed by atoms with van der Waals surface area (Å²) in [7, 11) is 4.08. The van der Waals surface area contributed by atoms with Gasteiger partial charge in [0.15, 0.2) is 0 Å². The van der Waals surface area contributed by atoms with Crippen molar-refractivity contribution in [2.24, 2.45) is 11.8 Å². The Bertz CT molecular complexity index is 263. The van der Waals surface area contributed by atoms with Gasteiger partial charge in [-0.15, -0.1) is 0 Å². The van der Waals surface area contributed by atoms with Crippen molar-refractivity contribution in [3.8, 4) is 0 Å². The number of urea groups is 1. The molecular weight excluding hydrogens is 214 g/mol. The molecule has 2 unspecified atom stereocenters. The zero-order valence-electron chi connectivity index (χ0n) is 12.0. The monoisotopic (exact) mass is 241 g/mol. The Morgan fingerprint density at radius 3 is 2.24 bits per heavy atom. The van der Waals surface area contributed by atoms with Crippen molar-refractivity contribution in [2.45, 2.75) is 39.8 Å². The number of hydrogen-bond acceptors (Lipinski definition) is 2. The second kappa shape index (κ2) is 5.71. The average Bonchev–Trinajstić information content (AvgIpc) is 2.52. The van der Waals surface area contributed by atoms with Crippen LogP contribution in [0.25, 0.3) is 0 Å². The summed E-state index contributed by atoms with van der Waals surface area (Å²) in [6, 6.07) is 0.705. The Morgan fingerprint density at radius 1 is 1.24 bits per heavy atom. The molecule has 1 rings (SSSR count). The fraction of sp³-hybridized carbons (Fsp3) is 0.923. The van der Waals surface area contributed by atoms with Crippen molar-refractivity contribution in [1.82, 2.24) is 15.1 Å². The predicted molar refractivity (Wildman–Crippen MR) is 71.0 cm³/mol. The summed E-state index contributed by atoms with van der Waals surface area (Å²) in [5.74, 6) is 0.971. The molecule has 0 radical (unpaired) electrons. The van der Waals surface area contributed by atoms with Gasteiger partial charge in [-0.3, -0.25) is 0 Å². The minimum atomic E-state index is 0.101. The molecule has 1 aliphatic heterocycles. The third-order valence-electron chi connectivity index (χ3n) is 3.47. The minimum Gasteiger partial charge on any atom is -0.333 e. The highest BCUT2D eigenvalue weighted by molar-refractivity contribution is 5.77. The van der Waals surface area contributed by atoms with E-state index in [2.05, 4.69) is 37.9 Å². The molecule has 1 heterocycles. The van der Waals surface area contributed by atoms with Gasteiger partial charge in [0.1, 0.15) is 0 Å². The molecule has 4 nitrogen and oxygen atoms in total. The first kappa shape index (κ1) is 14.3. The van der Waals surface area contributed by atoms with Crippen LogP contribution in [0.15, 0.2) is 0 Å². The van der Waals surface area contributed by atoms with E-state index >= 15 is 0 Å². The van der Waals surface area contributed by atoms with Crippen LogP contribution in [0, 0.1) is 11.8 Å². The van der Waals surface area contributed by atoms with E-state index in [4.69, 9.17) is 0 Å². The third-order valence-corrected chi connectivity index (χ3v) is 3.47. The zero-order chi connectivity index (χ0) is 13.2. The van der Waals surface area contributed by atoms with Gasteiger partial charge >= 0.3 is 6.03 Å². The minimum absolute atomic E-state index is 0.101. The molecule has 0 spiro atoms. The highest BCUT2D eigenvalue weighted by atomic mass is 16.2. The Kier molecular flexibility index (Phi) is 4.80. The summed E-state index contributed by atoms with van der Waals surface area (Å²) < 4.78 is 0. The maximum Gasteiger partial charge on any atom is 0.318 e. The normalized spacial score (nSPS) is 25.2. The summed E-state index contributed by atoms with van der Waals surface area (Å²) in [6.45, 7) is 10.5. The third kappa shape index (κ3) is 3.35. The summed E-state index contributed by atoms with van der Waals surface area (Å²) in [5, 5.41) is 3.13. The van der Waals surface area contributed by atoms with Crippen molar-refractivity contribution >= 4 is 6.03 Å². The molecule has 100 valence electrons. The standard InChI is InChI=1S/C13H27N3O/c1-9(2)11-12(10(3)4)16(13(17)14-11)8-7-15(5)6/h9-12H,7-8H2,1-6H3,(H,14,17). The number of hydrogen-bond donors (Lipinski definition) is 1. The van der Waals surface area contributed by atoms with E-state index < -0.39 is 0 Å². The van der Waals surface area contributed by atoms with Gasteiger partial charge in [0.05, 0.1) is 12.1 Å². The van der Waals surface area contributed by atoms with Gasteiger partial charge in [0, 0.05) is 13.1 Å². The maximum absolute atomic E-state index is 12.0. The molecule has 1 fully saturated rings. The van der Waals surface area contributed by atoms with Gasteiger partial charge in [-0.2, -0.15) is 0 Å². The molecule has 1 N–H and O–H groups in total. The molecule has 0 bridgehead atoms. The Labute approximate surface area is 105 Å². The molecular formula is C13H27N3O. The van der Waals surface area contributed by atoms with Gasteiger partial charge < -0.3 is 15.1 Å². The van der Waals surface area contributed by atoms with Crippen LogP contribution in [-0.2, 0) is 0 Å². The topological polar surface area (TPSA) is 35.6 Å². The molecule has 0 aromatic rings. The Hall–Kier alpha value is -0.770. The summed E-state index contributed by atoms with van der Waals surface area (Å²) >= 11 is 0. The van der Waals surface area contributed by atoms with Crippen molar-refractivity contribution in [3.63, 3.8) is 0 Å². The molecule has 1 saturated heterocycles. The molecule has 1 aliphatic rings. The molecule has 4 heteroatoms. The summed E-state index contributed by atoms with van der Waals surface area (Å²) in [4.78, 5) is 16.1. The van der Waals surface area contributed by atoms with E-state index in [-0.39, 0.29) is 12.1 Å². The summed E-state index contributed by atoms with van der Waals surface area (Å²) in [5.41, 5.74) is 0. The predicted octanol–water partition coefficient (Wildman–Crippen LogP) is 1.62. The van der Waals surface area contributed by atoms with Crippen LogP contribution in [0.5, 0.6) is 0 Å². The molecule has 2 atom stereocenters. The lowest BCUT2D eigenvalue weighted by atomic mass is 9.89. The molecule has 0 aromatic carbocycles. The number of carbonyl (C=O) groups is 1. The number of carbonyl (C=O) groups excluding carboxylic acids is 1. The van der Waals surface area contributed by atoms with Crippen LogP contribution < -0.4 is 5.32 Å². The van der Waals surface area contributed by atoms with Gasteiger partial charge in [0.25, 0.3) is 0 Å². The highest BCUT2D eigenvalue weighted by Crippen LogP contribution is 2.25. The number of likely N-dealkylation sites (N-methyl/N-ethyl adjacent to an activating group) is 1. The van der Waals surface area contributed by atoms with Crippen molar-refractivity contribution in [2.75, 3.05) is 27.2 Å². The molecule has 0 aromatic heterocycles. The highest BCUT2D eigenvalue weighted by Gasteiger charge is 2.41. The van der Waals surface area contributed by atoms with E-state index in [1.807, 2.05) is 19.0 Å². The maximum atomic E-state index is 12.0. The number of amides is 2. The Balaban J connectivity index is 2.75. The smallest absolute Gasteiger partial charge is 0.318 e. The lowest BCUT2D eigenvalue weighted by Crippen LogP contribution is -2.45. The van der Waals surface area contributed by atoms with E-state index in [1.54, 1.807) is 0 Å². The zero-order valence-corrected chi connectivity index (χ0v) is 12.0. The van der Waals surface area contributed by atoms with E-state index in [1.165, 1.54) is 0 Å². The lowest BCUT2D eigenvalue weighted by molar-refractivity contribution is 0.168. The molecule has 17 heavy (non-hydrogen) atoms. The molecule has 0 aliphatic carbocycles. The van der Waals surface area contributed by atoms with Crippen LogP contribution in [0.4, 0.5) is 4.79 Å². The van der Waals surface area contributed by atoms with Crippen LogP contribution in [0.2, 0.25) is 0 Å². The fourth-order valence-corrected chi connectivity index (χ4v) is 2.53. The van der Waals surface area contributed by atoms with Gasteiger partial charge in [-0.05, 0) is 25.9 Å². The Morgan fingerprint density at radius 2 is 1.82 bits per heavy atom.